The van der Waals surface area contributed by atoms with Gasteiger partial charge in [0.1, 0.15) is 6.54 Å². The Hall–Kier alpha value is -3.42. The van der Waals surface area contributed by atoms with E-state index in [9.17, 15) is 9.59 Å². The summed E-state index contributed by atoms with van der Waals surface area (Å²) in [7, 11) is 0. The predicted molar refractivity (Wildman–Crippen MR) is 99.2 cm³/mol. The van der Waals surface area contributed by atoms with Crippen LogP contribution in [0.15, 0.2) is 47.2 Å². The van der Waals surface area contributed by atoms with Crippen LogP contribution in [-0.4, -0.2) is 33.3 Å². The first-order chi connectivity index (χ1) is 12.9. The second kappa shape index (κ2) is 7.86. The number of aryl methyl sites for hydroxylation is 2. The maximum Gasteiger partial charge on any atom is 0.280 e. The molecule has 0 saturated heterocycles. The molecule has 2 N–H and O–H groups in total. The van der Waals surface area contributed by atoms with Gasteiger partial charge in [-0.25, -0.2) is 0 Å². The van der Waals surface area contributed by atoms with Crippen molar-refractivity contribution < 1.29 is 14.1 Å². The van der Waals surface area contributed by atoms with Gasteiger partial charge in [0.25, 0.3) is 5.91 Å². The van der Waals surface area contributed by atoms with Gasteiger partial charge in [-0.3, -0.25) is 14.3 Å². The second-order valence-corrected chi connectivity index (χ2v) is 6.41. The molecular formula is C19H21N5O3. The van der Waals surface area contributed by atoms with Crippen molar-refractivity contribution in [3.63, 3.8) is 0 Å². The van der Waals surface area contributed by atoms with Gasteiger partial charge in [-0.05, 0) is 37.1 Å². The third kappa shape index (κ3) is 4.60. The third-order valence-electron chi connectivity index (χ3n) is 4.00. The fourth-order valence-corrected chi connectivity index (χ4v) is 2.71. The second-order valence-electron chi connectivity index (χ2n) is 6.41. The summed E-state index contributed by atoms with van der Waals surface area (Å²) in [6.45, 7) is 4.41. The molecule has 1 aromatic carbocycles. The van der Waals surface area contributed by atoms with Crippen molar-refractivity contribution in [3.8, 4) is 0 Å². The first-order valence-electron chi connectivity index (χ1n) is 8.54. The summed E-state index contributed by atoms with van der Waals surface area (Å²) in [6.07, 6.45) is 3.67. The van der Waals surface area contributed by atoms with E-state index in [4.69, 9.17) is 10.3 Å². The number of primary amides is 1. The highest BCUT2D eigenvalue weighted by atomic mass is 16.5. The van der Waals surface area contributed by atoms with E-state index in [0.29, 0.717) is 18.0 Å². The van der Waals surface area contributed by atoms with E-state index in [1.165, 1.54) is 4.90 Å². The average molecular weight is 367 g/mol. The minimum atomic E-state index is -0.477. The minimum absolute atomic E-state index is 0.0525. The average Bonchev–Trinajstić information content (AvgIpc) is 3.24. The van der Waals surface area contributed by atoms with E-state index in [1.54, 1.807) is 23.0 Å². The van der Waals surface area contributed by atoms with Crippen molar-refractivity contribution in [2.45, 2.75) is 26.8 Å². The van der Waals surface area contributed by atoms with Crippen molar-refractivity contribution in [1.29, 1.82) is 0 Å². The van der Waals surface area contributed by atoms with Gasteiger partial charge in [0.15, 0.2) is 11.5 Å². The molecule has 2 aromatic heterocycles. The summed E-state index contributed by atoms with van der Waals surface area (Å²) < 4.78 is 6.99. The maximum absolute atomic E-state index is 13.0. The molecule has 0 aliphatic carbocycles. The molecule has 0 unspecified atom stereocenters. The Morgan fingerprint density at radius 3 is 2.70 bits per heavy atom. The maximum atomic E-state index is 13.0. The molecule has 0 aliphatic heterocycles. The molecule has 0 radical (unpaired) electrons. The molecule has 8 nitrogen and oxygen atoms in total. The lowest BCUT2D eigenvalue weighted by atomic mass is 10.2. The van der Waals surface area contributed by atoms with Gasteiger partial charge < -0.3 is 15.2 Å². The van der Waals surface area contributed by atoms with Gasteiger partial charge in [-0.2, -0.15) is 5.10 Å². The Morgan fingerprint density at radius 1 is 1.22 bits per heavy atom. The van der Waals surface area contributed by atoms with E-state index < -0.39 is 5.91 Å². The van der Waals surface area contributed by atoms with Crippen molar-refractivity contribution >= 4 is 17.5 Å². The fourth-order valence-electron chi connectivity index (χ4n) is 2.71. The van der Waals surface area contributed by atoms with Crippen LogP contribution in [-0.2, 0) is 11.3 Å². The highest BCUT2D eigenvalue weighted by Gasteiger charge is 2.22. The van der Waals surface area contributed by atoms with Gasteiger partial charge in [0, 0.05) is 30.9 Å². The van der Waals surface area contributed by atoms with Crippen molar-refractivity contribution in [1.82, 2.24) is 14.9 Å². The van der Waals surface area contributed by atoms with E-state index in [2.05, 4.69) is 10.3 Å². The molecule has 2 heterocycles. The predicted octanol–water partition coefficient (Wildman–Crippen LogP) is 2.06. The number of benzene rings is 1. The number of nitrogens with zero attached hydrogens (tertiary/aromatic N) is 4. The zero-order chi connectivity index (χ0) is 19.4. The molecule has 0 aliphatic rings. The molecule has 27 heavy (non-hydrogen) atoms. The Morgan fingerprint density at radius 2 is 2.04 bits per heavy atom. The Kier molecular flexibility index (Phi) is 5.35. The van der Waals surface area contributed by atoms with Gasteiger partial charge in [0.05, 0.1) is 6.20 Å². The monoisotopic (exact) mass is 367 g/mol. The molecule has 0 bridgehead atoms. The fraction of sp³-hybridized carbons (Fsp3) is 0.263. The van der Waals surface area contributed by atoms with Crippen LogP contribution in [0.25, 0.3) is 0 Å². The van der Waals surface area contributed by atoms with Crippen LogP contribution < -0.4 is 10.6 Å². The van der Waals surface area contributed by atoms with Gasteiger partial charge in [-0.1, -0.05) is 17.3 Å². The quantitative estimate of drug-likeness (QED) is 0.688. The molecule has 3 aromatic rings. The molecule has 0 atom stereocenters. The summed E-state index contributed by atoms with van der Waals surface area (Å²) in [4.78, 5) is 25.7. The molecular weight excluding hydrogens is 346 g/mol. The summed E-state index contributed by atoms with van der Waals surface area (Å²) in [5.74, 6) is -0.315. The van der Waals surface area contributed by atoms with Crippen LogP contribution in [0.4, 0.5) is 5.69 Å². The topological polar surface area (TPSA) is 107 Å². The van der Waals surface area contributed by atoms with Gasteiger partial charge in [0.2, 0.25) is 5.91 Å². The van der Waals surface area contributed by atoms with Crippen molar-refractivity contribution in [2.75, 3.05) is 11.4 Å². The standard InChI is InChI=1S/C19H21N5O3/c1-13-4-3-5-15(8-13)24(7-6-18(20)25)19(26)17-9-16(27-22-17)12-23-11-14(2)10-21-23/h3-5,8-11H,6-7,12H2,1-2H3,(H2,20,25). The number of hydrogen-bond donors (Lipinski definition) is 1. The minimum Gasteiger partial charge on any atom is -0.370 e. The first-order valence-corrected chi connectivity index (χ1v) is 8.54. The highest BCUT2D eigenvalue weighted by Crippen LogP contribution is 2.19. The lowest BCUT2D eigenvalue weighted by Gasteiger charge is -2.21. The largest absolute Gasteiger partial charge is 0.370 e. The summed E-state index contributed by atoms with van der Waals surface area (Å²) >= 11 is 0. The number of anilines is 1. The van der Waals surface area contributed by atoms with E-state index >= 15 is 0 Å². The van der Waals surface area contributed by atoms with Gasteiger partial charge in [-0.15, -0.1) is 0 Å². The van der Waals surface area contributed by atoms with Crippen molar-refractivity contribution in [2.24, 2.45) is 5.73 Å². The normalized spacial score (nSPS) is 10.7. The Bertz CT molecular complexity index is 960. The Labute approximate surface area is 156 Å². The number of carbonyl (C=O) groups excluding carboxylic acids is 2. The zero-order valence-electron chi connectivity index (χ0n) is 15.3. The highest BCUT2D eigenvalue weighted by molar-refractivity contribution is 6.05. The molecule has 2 amide bonds. The van der Waals surface area contributed by atoms with Crippen LogP contribution in [0.3, 0.4) is 0 Å². The number of hydrogen-bond acceptors (Lipinski definition) is 5. The van der Waals surface area contributed by atoms with Crippen LogP contribution in [0.5, 0.6) is 0 Å². The van der Waals surface area contributed by atoms with E-state index in [1.807, 2.05) is 38.2 Å². The number of amides is 2. The summed E-state index contributed by atoms with van der Waals surface area (Å²) in [5.41, 5.74) is 8.13. The molecule has 0 saturated carbocycles. The third-order valence-corrected chi connectivity index (χ3v) is 4.00. The van der Waals surface area contributed by atoms with Crippen molar-refractivity contribution in [3.05, 3.63) is 65.3 Å². The lowest BCUT2D eigenvalue weighted by Crippen LogP contribution is -2.34. The smallest absolute Gasteiger partial charge is 0.280 e. The SMILES string of the molecule is Cc1cccc(N(CCC(N)=O)C(=O)c2cc(Cn3cc(C)cn3)on2)c1. The van der Waals surface area contributed by atoms with E-state index in [-0.39, 0.29) is 24.6 Å². The first kappa shape index (κ1) is 18.4. The zero-order valence-corrected chi connectivity index (χ0v) is 15.3. The summed E-state index contributed by atoms with van der Waals surface area (Å²) in [6, 6.07) is 9.04. The number of aromatic nitrogens is 3. The number of carbonyl (C=O) groups is 2. The van der Waals surface area contributed by atoms with Crippen LogP contribution in [0.1, 0.15) is 33.8 Å². The molecule has 0 spiro atoms. The van der Waals surface area contributed by atoms with Crippen LogP contribution >= 0.6 is 0 Å². The Balaban J connectivity index is 1.82. The van der Waals surface area contributed by atoms with Gasteiger partial charge >= 0.3 is 0 Å². The molecule has 8 heteroatoms. The molecule has 3 rings (SSSR count). The number of nitrogens with two attached hydrogens (primary N) is 1. The molecule has 0 fully saturated rings. The van der Waals surface area contributed by atoms with E-state index in [0.717, 1.165) is 11.1 Å². The van der Waals surface area contributed by atoms with Crippen LogP contribution in [0.2, 0.25) is 0 Å². The lowest BCUT2D eigenvalue weighted by molar-refractivity contribution is -0.117. The van der Waals surface area contributed by atoms with Crippen LogP contribution in [0, 0.1) is 13.8 Å². The molecule has 140 valence electrons. The summed E-state index contributed by atoms with van der Waals surface area (Å²) in [5, 5.41) is 8.08. The number of rotatable bonds is 7.